The van der Waals surface area contributed by atoms with E-state index in [2.05, 4.69) is 12.1 Å². The van der Waals surface area contributed by atoms with Gasteiger partial charge in [0.05, 0.1) is 16.1 Å². The first-order valence-corrected chi connectivity index (χ1v) is 9.02. The molecule has 2 aromatic rings. The number of carbonyl (C=O) groups is 1. The van der Waals surface area contributed by atoms with Crippen LogP contribution in [0.2, 0.25) is 4.34 Å². The summed E-state index contributed by atoms with van der Waals surface area (Å²) >= 11 is 9.20. The van der Waals surface area contributed by atoms with Gasteiger partial charge in [-0.15, -0.1) is 23.1 Å². The van der Waals surface area contributed by atoms with Gasteiger partial charge in [-0.1, -0.05) is 29.8 Å². The molecule has 0 spiro atoms. The van der Waals surface area contributed by atoms with Crippen molar-refractivity contribution in [3.05, 3.63) is 51.2 Å². The van der Waals surface area contributed by atoms with E-state index in [-0.39, 0.29) is 11.2 Å². The van der Waals surface area contributed by atoms with Crippen LogP contribution in [-0.2, 0) is 17.8 Å². The van der Waals surface area contributed by atoms with Gasteiger partial charge in [0.15, 0.2) is 0 Å². The number of carbonyl (C=O) groups excluding carboxylic acids is 1. The standard InChI is InChI=1S/C16H16ClNOS2/c1-2-18(10-12-7-8-15(17)20-12)16(19)14-9-11-5-3-4-6-13(11)21-14/h3-8,14H,2,9-10H2,1H3. The molecule has 1 unspecified atom stereocenters. The van der Waals surface area contributed by atoms with Crippen molar-refractivity contribution < 1.29 is 4.79 Å². The van der Waals surface area contributed by atoms with Gasteiger partial charge in [-0.2, -0.15) is 0 Å². The molecule has 5 heteroatoms. The number of hydrogen-bond acceptors (Lipinski definition) is 3. The first kappa shape index (κ1) is 14.9. The van der Waals surface area contributed by atoms with E-state index in [1.807, 2.05) is 36.1 Å². The zero-order valence-electron chi connectivity index (χ0n) is 11.7. The Bertz CT molecular complexity index is 630. The van der Waals surface area contributed by atoms with Gasteiger partial charge in [-0.25, -0.2) is 0 Å². The molecule has 0 saturated heterocycles. The average molecular weight is 338 g/mol. The first-order valence-electron chi connectivity index (χ1n) is 6.95. The molecule has 1 aromatic heterocycles. The minimum Gasteiger partial charge on any atom is -0.337 e. The predicted molar refractivity (Wildman–Crippen MR) is 90.2 cm³/mol. The van der Waals surface area contributed by atoms with Crippen LogP contribution in [0.25, 0.3) is 0 Å². The zero-order chi connectivity index (χ0) is 14.8. The Morgan fingerprint density at radius 2 is 2.14 bits per heavy atom. The molecule has 2 heterocycles. The second kappa shape index (κ2) is 6.42. The summed E-state index contributed by atoms with van der Waals surface area (Å²) in [6.07, 6.45) is 0.835. The first-order chi connectivity index (χ1) is 10.2. The highest BCUT2D eigenvalue weighted by atomic mass is 35.5. The van der Waals surface area contributed by atoms with Crippen molar-refractivity contribution in [2.75, 3.05) is 6.54 Å². The summed E-state index contributed by atoms with van der Waals surface area (Å²) in [6.45, 7) is 3.40. The van der Waals surface area contributed by atoms with Gasteiger partial charge in [0.25, 0.3) is 0 Å². The Hall–Kier alpha value is -0.970. The third-order valence-electron chi connectivity index (χ3n) is 3.59. The molecule has 0 N–H and O–H groups in total. The topological polar surface area (TPSA) is 20.3 Å². The van der Waals surface area contributed by atoms with Crippen molar-refractivity contribution in [2.45, 2.75) is 30.0 Å². The number of fused-ring (bicyclic) bond motifs is 1. The smallest absolute Gasteiger partial charge is 0.236 e. The molecule has 110 valence electrons. The maximum atomic E-state index is 12.7. The van der Waals surface area contributed by atoms with Crippen LogP contribution < -0.4 is 0 Å². The van der Waals surface area contributed by atoms with Gasteiger partial charge in [0, 0.05) is 16.3 Å². The number of nitrogens with zero attached hydrogens (tertiary/aromatic N) is 1. The third kappa shape index (κ3) is 3.28. The van der Waals surface area contributed by atoms with Crippen LogP contribution in [0.15, 0.2) is 41.3 Å². The minimum atomic E-state index is 0.0118. The summed E-state index contributed by atoms with van der Waals surface area (Å²) < 4.78 is 0.774. The molecular weight excluding hydrogens is 322 g/mol. The number of rotatable bonds is 4. The molecule has 0 radical (unpaired) electrons. The van der Waals surface area contributed by atoms with Gasteiger partial charge in [0.2, 0.25) is 5.91 Å². The second-order valence-corrected chi connectivity index (χ2v) is 8.02. The highest BCUT2D eigenvalue weighted by Gasteiger charge is 2.30. The van der Waals surface area contributed by atoms with Crippen LogP contribution in [0.4, 0.5) is 0 Å². The highest BCUT2D eigenvalue weighted by molar-refractivity contribution is 8.01. The lowest BCUT2D eigenvalue weighted by Crippen LogP contribution is -2.36. The molecule has 3 rings (SSSR count). The lowest BCUT2D eigenvalue weighted by molar-refractivity contribution is -0.130. The van der Waals surface area contributed by atoms with E-state index in [0.717, 1.165) is 22.2 Å². The molecule has 21 heavy (non-hydrogen) atoms. The fraction of sp³-hybridized carbons (Fsp3) is 0.312. The molecule has 1 aromatic carbocycles. The van der Waals surface area contributed by atoms with Crippen LogP contribution in [0.3, 0.4) is 0 Å². The van der Waals surface area contributed by atoms with E-state index in [9.17, 15) is 4.79 Å². The fourth-order valence-electron chi connectivity index (χ4n) is 2.49. The Morgan fingerprint density at radius 1 is 1.33 bits per heavy atom. The summed E-state index contributed by atoms with van der Waals surface area (Å²) in [7, 11) is 0. The lowest BCUT2D eigenvalue weighted by atomic mass is 10.1. The molecule has 2 nitrogen and oxygen atoms in total. The molecule has 0 bridgehead atoms. The number of thioether (sulfide) groups is 1. The van der Waals surface area contributed by atoms with Crippen LogP contribution in [-0.4, -0.2) is 22.6 Å². The largest absolute Gasteiger partial charge is 0.337 e. The molecule has 1 aliphatic heterocycles. The van der Waals surface area contributed by atoms with Gasteiger partial charge in [-0.05, 0) is 37.1 Å². The summed E-state index contributed by atoms with van der Waals surface area (Å²) in [6, 6.07) is 12.2. The molecule has 1 amide bonds. The fourth-order valence-corrected chi connectivity index (χ4v) is 4.88. The van der Waals surface area contributed by atoms with Crippen LogP contribution in [0, 0.1) is 0 Å². The minimum absolute atomic E-state index is 0.0118. The normalized spacial score (nSPS) is 16.8. The third-order valence-corrected chi connectivity index (χ3v) is 6.11. The molecule has 0 fully saturated rings. The van der Waals surface area contributed by atoms with Gasteiger partial charge in [0.1, 0.15) is 0 Å². The summed E-state index contributed by atoms with van der Waals surface area (Å²) in [5, 5.41) is 0.0118. The molecule has 1 atom stereocenters. The summed E-state index contributed by atoms with van der Waals surface area (Å²) in [5.74, 6) is 0.225. The quantitative estimate of drug-likeness (QED) is 0.820. The van der Waals surface area contributed by atoms with Crippen molar-refractivity contribution in [1.29, 1.82) is 0 Å². The van der Waals surface area contributed by atoms with E-state index in [1.54, 1.807) is 23.1 Å². The Morgan fingerprint density at radius 3 is 2.81 bits per heavy atom. The maximum Gasteiger partial charge on any atom is 0.236 e. The Balaban J connectivity index is 1.69. The predicted octanol–water partition coefficient (Wildman–Crippen LogP) is 4.47. The van der Waals surface area contributed by atoms with Crippen molar-refractivity contribution >= 4 is 40.6 Å². The zero-order valence-corrected chi connectivity index (χ0v) is 14.1. The SMILES string of the molecule is CCN(Cc1ccc(Cl)s1)C(=O)C1Cc2ccccc2S1. The van der Waals surface area contributed by atoms with Crippen LogP contribution in [0.5, 0.6) is 0 Å². The number of amides is 1. The number of thiophene rings is 1. The lowest BCUT2D eigenvalue weighted by Gasteiger charge is -2.23. The highest BCUT2D eigenvalue weighted by Crippen LogP contribution is 2.37. The van der Waals surface area contributed by atoms with Gasteiger partial charge < -0.3 is 4.90 Å². The van der Waals surface area contributed by atoms with Crippen LogP contribution >= 0.6 is 34.7 Å². The number of halogens is 1. The molecular formula is C16H16ClNOS2. The molecule has 0 saturated carbocycles. The number of benzene rings is 1. The van der Waals surface area contributed by atoms with Crippen molar-refractivity contribution in [3.63, 3.8) is 0 Å². The van der Waals surface area contributed by atoms with E-state index >= 15 is 0 Å². The molecule has 0 aliphatic carbocycles. The Labute approximate surface area is 138 Å². The maximum absolute atomic E-state index is 12.7. The monoisotopic (exact) mass is 337 g/mol. The van der Waals surface area contributed by atoms with E-state index in [1.165, 1.54) is 10.5 Å². The van der Waals surface area contributed by atoms with Crippen molar-refractivity contribution in [1.82, 2.24) is 4.90 Å². The Kier molecular flexibility index (Phi) is 4.57. The van der Waals surface area contributed by atoms with Crippen molar-refractivity contribution in [3.8, 4) is 0 Å². The van der Waals surface area contributed by atoms with Crippen molar-refractivity contribution in [2.24, 2.45) is 0 Å². The van der Waals surface area contributed by atoms with Crippen LogP contribution in [0.1, 0.15) is 17.4 Å². The van der Waals surface area contributed by atoms with Gasteiger partial charge in [-0.3, -0.25) is 4.79 Å². The summed E-state index contributed by atoms with van der Waals surface area (Å²) in [5.41, 5.74) is 1.29. The average Bonchev–Trinajstić information content (AvgIpc) is 3.09. The van der Waals surface area contributed by atoms with E-state index < -0.39 is 0 Å². The summed E-state index contributed by atoms with van der Waals surface area (Å²) in [4.78, 5) is 17.0. The van der Waals surface area contributed by atoms with E-state index in [4.69, 9.17) is 11.6 Å². The molecule has 1 aliphatic rings. The van der Waals surface area contributed by atoms with E-state index in [0.29, 0.717) is 6.54 Å². The second-order valence-electron chi connectivity index (χ2n) is 4.98. The number of hydrogen-bond donors (Lipinski definition) is 0. The van der Waals surface area contributed by atoms with Gasteiger partial charge >= 0.3 is 0 Å².